The lowest BCUT2D eigenvalue weighted by molar-refractivity contribution is 0.234. The van der Waals surface area contributed by atoms with Crippen molar-refractivity contribution in [2.75, 3.05) is 6.54 Å². The highest BCUT2D eigenvalue weighted by Gasteiger charge is 2.28. The lowest BCUT2D eigenvalue weighted by Gasteiger charge is -2.23. The maximum atomic E-state index is 9.97. The summed E-state index contributed by atoms with van der Waals surface area (Å²) in [7, 11) is 0. The lowest BCUT2D eigenvalue weighted by atomic mass is 10.1. The zero-order chi connectivity index (χ0) is 14.1. The van der Waals surface area contributed by atoms with E-state index in [1.165, 1.54) is 0 Å². The van der Waals surface area contributed by atoms with Gasteiger partial charge in [0.15, 0.2) is 0 Å². The number of phenolic OH excluding ortho intramolecular Hbond substituents is 1. The number of likely N-dealkylation sites (tertiary alicyclic amines) is 1. The molecule has 0 aliphatic carbocycles. The standard InChI is InChI=1S/C15H17BrN2O2/c1-10-7-13(17-20-10)14-3-2-6-18(14)9-11-8-12(16)4-5-15(11)19/h4-5,7-8,14,19H,2-3,6,9H2,1H3. The summed E-state index contributed by atoms with van der Waals surface area (Å²) in [6.45, 7) is 3.65. The van der Waals surface area contributed by atoms with Crippen LogP contribution in [-0.4, -0.2) is 21.7 Å². The van der Waals surface area contributed by atoms with Crippen molar-refractivity contribution in [3.63, 3.8) is 0 Å². The predicted octanol–water partition coefficient (Wildman–Crippen LogP) is 3.79. The lowest BCUT2D eigenvalue weighted by Crippen LogP contribution is -2.23. The number of rotatable bonds is 3. The van der Waals surface area contributed by atoms with Gasteiger partial charge in [-0.2, -0.15) is 0 Å². The molecule has 1 atom stereocenters. The van der Waals surface area contributed by atoms with E-state index in [9.17, 15) is 5.11 Å². The average Bonchev–Trinajstić information content (AvgIpc) is 3.02. The van der Waals surface area contributed by atoms with Gasteiger partial charge in [-0.15, -0.1) is 0 Å². The molecule has 4 nitrogen and oxygen atoms in total. The Hall–Kier alpha value is -1.33. The first-order valence-corrected chi connectivity index (χ1v) is 7.57. The molecule has 5 heteroatoms. The molecule has 0 spiro atoms. The number of phenols is 1. The molecule has 3 rings (SSSR count). The number of hydrogen-bond donors (Lipinski definition) is 1. The summed E-state index contributed by atoms with van der Waals surface area (Å²) in [6.07, 6.45) is 2.23. The minimum absolute atomic E-state index is 0.283. The SMILES string of the molecule is Cc1cc(C2CCCN2Cc2cc(Br)ccc2O)no1. The quantitative estimate of drug-likeness (QED) is 0.926. The van der Waals surface area contributed by atoms with E-state index in [4.69, 9.17) is 4.52 Å². The molecule has 1 fully saturated rings. The molecule has 106 valence electrons. The predicted molar refractivity (Wildman–Crippen MR) is 79.4 cm³/mol. The molecule has 0 radical (unpaired) electrons. The summed E-state index contributed by atoms with van der Waals surface area (Å²) in [4.78, 5) is 2.35. The number of halogens is 1. The minimum atomic E-state index is 0.283. The van der Waals surface area contributed by atoms with Crippen LogP contribution in [0.5, 0.6) is 5.75 Å². The van der Waals surface area contributed by atoms with Crippen LogP contribution < -0.4 is 0 Å². The van der Waals surface area contributed by atoms with Crippen molar-refractivity contribution in [1.82, 2.24) is 10.1 Å². The van der Waals surface area contributed by atoms with Gasteiger partial charge in [0.2, 0.25) is 0 Å². The fourth-order valence-electron chi connectivity index (χ4n) is 2.79. The molecule has 1 aliphatic rings. The van der Waals surface area contributed by atoms with E-state index >= 15 is 0 Å². The Bertz CT molecular complexity index is 612. The summed E-state index contributed by atoms with van der Waals surface area (Å²) < 4.78 is 6.17. The Kier molecular flexibility index (Phi) is 3.81. The van der Waals surface area contributed by atoms with Crippen LogP contribution in [0, 0.1) is 6.92 Å². The summed E-state index contributed by atoms with van der Waals surface area (Å²) in [5.41, 5.74) is 1.93. The van der Waals surface area contributed by atoms with Gasteiger partial charge in [0.1, 0.15) is 17.2 Å². The van der Waals surface area contributed by atoms with Crippen molar-refractivity contribution >= 4 is 15.9 Å². The number of nitrogens with zero attached hydrogens (tertiary/aromatic N) is 2. The van der Waals surface area contributed by atoms with Gasteiger partial charge in [0.25, 0.3) is 0 Å². The van der Waals surface area contributed by atoms with Crippen molar-refractivity contribution in [1.29, 1.82) is 0 Å². The third-order valence-electron chi connectivity index (χ3n) is 3.77. The van der Waals surface area contributed by atoms with Crippen LogP contribution >= 0.6 is 15.9 Å². The average molecular weight is 337 g/mol. The van der Waals surface area contributed by atoms with E-state index < -0.39 is 0 Å². The van der Waals surface area contributed by atoms with Crippen molar-refractivity contribution in [3.8, 4) is 5.75 Å². The topological polar surface area (TPSA) is 49.5 Å². The van der Waals surface area contributed by atoms with Crippen LogP contribution in [0.2, 0.25) is 0 Å². The largest absolute Gasteiger partial charge is 0.508 e. The number of aromatic hydroxyl groups is 1. The van der Waals surface area contributed by atoms with Crippen LogP contribution in [0.3, 0.4) is 0 Å². The third kappa shape index (κ3) is 2.74. The zero-order valence-electron chi connectivity index (χ0n) is 11.3. The second-order valence-corrected chi connectivity index (χ2v) is 6.18. The number of aromatic nitrogens is 1. The summed E-state index contributed by atoms with van der Waals surface area (Å²) in [5.74, 6) is 1.19. The first-order valence-electron chi connectivity index (χ1n) is 6.78. The maximum Gasteiger partial charge on any atom is 0.133 e. The second kappa shape index (κ2) is 5.58. The van der Waals surface area contributed by atoms with Gasteiger partial charge in [-0.3, -0.25) is 4.90 Å². The van der Waals surface area contributed by atoms with Crippen LogP contribution in [0.1, 0.15) is 35.9 Å². The Labute approximate surface area is 126 Å². The Morgan fingerprint density at radius 2 is 2.30 bits per heavy atom. The fourth-order valence-corrected chi connectivity index (χ4v) is 3.20. The van der Waals surface area contributed by atoms with E-state index in [-0.39, 0.29) is 6.04 Å². The molecule has 0 amide bonds. The molecule has 1 aliphatic heterocycles. The van der Waals surface area contributed by atoms with Gasteiger partial charge < -0.3 is 9.63 Å². The van der Waals surface area contributed by atoms with Crippen molar-refractivity contribution in [2.24, 2.45) is 0 Å². The fraction of sp³-hybridized carbons (Fsp3) is 0.400. The molecule has 20 heavy (non-hydrogen) atoms. The first kappa shape index (κ1) is 13.6. The first-order chi connectivity index (χ1) is 9.63. The van der Waals surface area contributed by atoms with Crippen molar-refractivity contribution < 1.29 is 9.63 Å². The van der Waals surface area contributed by atoms with Gasteiger partial charge in [-0.05, 0) is 44.5 Å². The normalized spacial score (nSPS) is 19.6. The monoisotopic (exact) mass is 336 g/mol. The molecular weight excluding hydrogens is 320 g/mol. The van der Waals surface area contributed by atoms with E-state index in [1.54, 1.807) is 6.07 Å². The summed E-state index contributed by atoms with van der Waals surface area (Å²) in [6, 6.07) is 7.83. The van der Waals surface area contributed by atoms with Gasteiger partial charge in [0, 0.05) is 22.6 Å². The molecular formula is C15H17BrN2O2. The third-order valence-corrected chi connectivity index (χ3v) is 4.26. The number of hydrogen-bond acceptors (Lipinski definition) is 4. The molecule has 0 saturated carbocycles. The van der Waals surface area contributed by atoms with Crippen LogP contribution in [0.4, 0.5) is 0 Å². The van der Waals surface area contributed by atoms with Gasteiger partial charge in [-0.1, -0.05) is 21.1 Å². The van der Waals surface area contributed by atoms with E-state index in [0.717, 1.165) is 47.4 Å². The van der Waals surface area contributed by atoms with Gasteiger partial charge >= 0.3 is 0 Å². The highest BCUT2D eigenvalue weighted by Crippen LogP contribution is 2.34. The number of benzene rings is 1. The van der Waals surface area contributed by atoms with Crippen molar-refractivity contribution in [3.05, 3.63) is 45.8 Å². The summed E-state index contributed by atoms with van der Waals surface area (Å²) >= 11 is 3.45. The Balaban J connectivity index is 1.81. The van der Waals surface area contributed by atoms with E-state index in [0.29, 0.717) is 5.75 Å². The van der Waals surface area contributed by atoms with Crippen LogP contribution in [0.15, 0.2) is 33.3 Å². The molecule has 1 aromatic heterocycles. The summed E-state index contributed by atoms with van der Waals surface area (Å²) in [5, 5.41) is 14.1. The molecule has 1 unspecified atom stereocenters. The molecule has 1 saturated heterocycles. The van der Waals surface area contributed by atoms with Crippen LogP contribution in [-0.2, 0) is 6.54 Å². The van der Waals surface area contributed by atoms with Gasteiger partial charge in [-0.25, -0.2) is 0 Å². The molecule has 0 bridgehead atoms. The van der Waals surface area contributed by atoms with E-state index in [2.05, 4.69) is 26.0 Å². The van der Waals surface area contributed by atoms with E-state index in [1.807, 2.05) is 25.1 Å². The second-order valence-electron chi connectivity index (χ2n) is 5.26. The molecule has 1 aromatic carbocycles. The van der Waals surface area contributed by atoms with Crippen LogP contribution in [0.25, 0.3) is 0 Å². The minimum Gasteiger partial charge on any atom is -0.508 e. The smallest absolute Gasteiger partial charge is 0.133 e. The maximum absolute atomic E-state index is 9.97. The molecule has 1 N–H and O–H groups in total. The van der Waals surface area contributed by atoms with Gasteiger partial charge in [0.05, 0.1) is 6.04 Å². The highest BCUT2D eigenvalue weighted by molar-refractivity contribution is 9.10. The van der Waals surface area contributed by atoms with Crippen molar-refractivity contribution in [2.45, 2.75) is 32.4 Å². The Morgan fingerprint density at radius 1 is 1.45 bits per heavy atom. The highest BCUT2D eigenvalue weighted by atomic mass is 79.9. The Morgan fingerprint density at radius 3 is 3.05 bits per heavy atom. The molecule has 2 heterocycles. The zero-order valence-corrected chi connectivity index (χ0v) is 12.9. The molecule has 2 aromatic rings. The number of aryl methyl sites for hydroxylation is 1.